The van der Waals surface area contributed by atoms with Crippen molar-refractivity contribution in [2.24, 2.45) is 0 Å². The predicted octanol–water partition coefficient (Wildman–Crippen LogP) is 5.16. The molecule has 1 aliphatic heterocycles. The van der Waals surface area contributed by atoms with E-state index in [0.717, 1.165) is 22.8 Å². The second-order valence-corrected chi connectivity index (χ2v) is 7.72. The molecular weight excluding hydrogens is 368 g/mol. The molecule has 0 aromatic heterocycles. The summed E-state index contributed by atoms with van der Waals surface area (Å²) in [5, 5.41) is 14.0. The first-order chi connectivity index (χ1) is 13.7. The summed E-state index contributed by atoms with van der Waals surface area (Å²) in [4.78, 5) is 4.65. The normalized spacial score (nSPS) is 13.4. The predicted molar refractivity (Wildman–Crippen MR) is 116 cm³/mol. The summed E-state index contributed by atoms with van der Waals surface area (Å²) in [6.45, 7) is 3.63. The summed E-state index contributed by atoms with van der Waals surface area (Å²) < 4.78 is 5.47. The minimum atomic E-state index is -0.518. The molecule has 4 rings (SSSR count). The maximum absolute atomic E-state index is 10.7. The topological polar surface area (TPSA) is 44.7 Å². The van der Waals surface area contributed by atoms with Gasteiger partial charge in [0.15, 0.2) is 0 Å². The number of fused-ring (bicyclic) bond motifs is 2. The first-order valence-corrected chi connectivity index (χ1v) is 10.3. The van der Waals surface area contributed by atoms with Crippen molar-refractivity contribution < 1.29 is 9.84 Å². The Morgan fingerprint density at radius 3 is 2.14 bits per heavy atom. The molecule has 144 valence electrons. The molecule has 1 aliphatic rings. The number of aliphatic hydroxyl groups is 1. The fourth-order valence-electron chi connectivity index (χ4n) is 3.32. The van der Waals surface area contributed by atoms with E-state index in [2.05, 4.69) is 46.6 Å². The van der Waals surface area contributed by atoms with Crippen molar-refractivity contribution in [1.29, 1.82) is 0 Å². The molecule has 0 aliphatic carbocycles. The van der Waals surface area contributed by atoms with Crippen LogP contribution in [0.15, 0.2) is 82.6 Å². The second kappa shape index (κ2) is 8.59. The first-order valence-electron chi connectivity index (χ1n) is 9.53. The van der Waals surface area contributed by atoms with E-state index < -0.39 is 6.10 Å². The number of para-hydroxylation sites is 2. The summed E-state index contributed by atoms with van der Waals surface area (Å²) in [5.74, 6) is 0.854. The van der Waals surface area contributed by atoms with Crippen molar-refractivity contribution >= 4 is 28.8 Å². The van der Waals surface area contributed by atoms with Crippen LogP contribution in [0.5, 0.6) is 5.75 Å². The van der Waals surface area contributed by atoms with E-state index in [4.69, 9.17) is 4.74 Å². The number of anilines is 3. The number of benzene rings is 3. The molecule has 0 radical (unpaired) electrons. The molecule has 5 heteroatoms. The molecule has 2 N–H and O–H groups in total. The van der Waals surface area contributed by atoms with Crippen LogP contribution in [0, 0.1) is 0 Å². The lowest BCUT2D eigenvalue weighted by molar-refractivity contribution is 0.195. The zero-order chi connectivity index (χ0) is 19.3. The highest BCUT2D eigenvalue weighted by Crippen LogP contribution is 2.47. The van der Waals surface area contributed by atoms with E-state index in [-0.39, 0.29) is 0 Å². The monoisotopic (exact) mass is 392 g/mol. The maximum Gasteiger partial charge on any atom is 0.119 e. The van der Waals surface area contributed by atoms with Crippen LogP contribution < -0.4 is 15.0 Å². The number of hydrogen-bond donors (Lipinski definition) is 2. The van der Waals surface area contributed by atoms with Gasteiger partial charge in [0.1, 0.15) is 5.75 Å². The maximum atomic E-state index is 10.7. The summed E-state index contributed by atoms with van der Waals surface area (Å²) in [6.07, 6.45) is -0.518. The Kier molecular flexibility index (Phi) is 5.74. The van der Waals surface area contributed by atoms with Gasteiger partial charge in [0.05, 0.1) is 30.6 Å². The van der Waals surface area contributed by atoms with Crippen LogP contribution in [-0.4, -0.2) is 30.9 Å². The van der Waals surface area contributed by atoms with Gasteiger partial charge in [0.25, 0.3) is 0 Å². The molecule has 0 fully saturated rings. The van der Waals surface area contributed by atoms with Crippen LogP contribution in [0.1, 0.15) is 6.92 Å². The molecular formula is C23H24N2O2S. The van der Waals surface area contributed by atoms with E-state index in [0.29, 0.717) is 19.7 Å². The van der Waals surface area contributed by atoms with Gasteiger partial charge < -0.3 is 20.1 Å². The quantitative estimate of drug-likeness (QED) is 0.581. The first kappa shape index (κ1) is 18.7. The van der Waals surface area contributed by atoms with Crippen LogP contribution in [0.3, 0.4) is 0 Å². The van der Waals surface area contributed by atoms with Crippen molar-refractivity contribution in [3.8, 4) is 5.75 Å². The zero-order valence-corrected chi connectivity index (χ0v) is 16.7. The summed E-state index contributed by atoms with van der Waals surface area (Å²) >= 11 is 1.78. The van der Waals surface area contributed by atoms with Crippen molar-refractivity contribution in [2.45, 2.75) is 22.8 Å². The Morgan fingerprint density at radius 2 is 1.54 bits per heavy atom. The Morgan fingerprint density at radius 1 is 0.929 bits per heavy atom. The van der Waals surface area contributed by atoms with Crippen LogP contribution in [0.2, 0.25) is 0 Å². The average molecular weight is 393 g/mol. The van der Waals surface area contributed by atoms with E-state index in [9.17, 15) is 5.11 Å². The van der Waals surface area contributed by atoms with Crippen LogP contribution in [-0.2, 0) is 0 Å². The summed E-state index contributed by atoms with van der Waals surface area (Å²) in [7, 11) is 0. The van der Waals surface area contributed by atoms with Gasteiger partial charge in [-0.3, -0.25) is 0 Å². The molecule has 0 unspecified atom stereocenters. The molecule has 1 atom stereocenters. The number of aliphatic hydroxyl groups excluding tert-OH is 1. The Balaban J connectivity index is 1.45. The van der Waals surface area contributed by atoms with Crippen LogP contribution in [0.4, 0.5) is 17.1 Å². The third-order valence-electron chi connectivity index (χ3n) is 4.63. The molecule has 4 nitrogen and oxygen atoms in total. The highest BCUT2D eigenvalue weighted by Gasteiger charge is 2.24. The van der Waals surface area contributed by atoms with Gasteiger partial charge in [0.2, 0.25) is 0 Å². The van der Waals surface area contributed by atoms with Crippen molar-refractivity contribution in [3.63, 3.8) is 0 Å². The second-order valence-electron chi connectivity index (χ2n) is 6.64. The van der Waals surface area contributed by atoms with E-state index in [1.807, 2.05) is 43.3 Å². The standard InChI is InChI=1S/C23H24N2O2S/c1-2-27-19-13-11-17(12-14-19)24-15-18(26)16-25-20-7-3-5-9-22(20)28-23-10-6-4-8-21(23)25/h3-14,18,24,26H,2,15-16H2,1H3/t18-/m0/s1. The van der Waals surface area contributed by atoms with Gasteiger partial charge in [-0.2, -0.15) is 0 Å². The van der Waals surface area contributed by atoms with Gasteiger partial charge >= 0.3 is 0 Å². The largest absolute Gasteiger partial charge is 0.494 e. The molecule has 0 saturated heterocycles. The van der Waals surface area contributed by atoms with Crippen LogP contribution >= 0.6 is 11.8 Å². The number of rotatable bonds is 7. The van der Waals surface area contributed by atoms with Crippen LogP contribution in [0.25, 0.3) is 0 Å². The Bertz CT molecular complexity index is 884. The summed E-state index contributed by atoms with van der Waals surface area (Å²) in [6, 6.07) is 24.5. The lowest BCUT2D eigenvalue weighted by atomic mass is 10.2. The summed E-state index contributed by atoms with van der Waals surface area (Å²) in [5.41, 5.74) is 3.26. The van der Waals surface area contributed by atoms with Crippen molar-refractivity contribution in [1.82, 2.24) is 0 Å². The fraction of sp³-hybridized carbons (Fsp3) is 0.217. The molecule has 0 amide bonds. The number of ether oxygens (including phenoxy) is 1. The van der Waals surface area contributed by atoms with E-state index in [1.54, 1.807) is 11.8 Å². The van der Waals surface area contributed by atoms with E-state index >= 15 is 0 Å². The highest BCUT2D eigenvalue weighted by molar-refractivity contribution is 7.99. The molecule has 0 spiro atoms. The number of nitrogens with one attached hydrogen (secondary N) is 1. The molecule has 3 aromatic rings. The minimum absolute atomic E-state index is 0.474. The Hall–Kier alpha value is -2.63. The van der Waals surface area contributed by atoms with Gasteiger partial charge in [-0.05, 0) is 55.5 Å². The highest BCUT2D eigenvalue weighted by atomic mass is 32.2. The van der Waals surface area contributed by atoms with Gasteiger partial charge in [-0.15, -0.1) is 0 Å². The minimum Gasteiger partial charge on any atom is -0.494 e. The Labute approximate surface area is 170 Å². The lowest BCUT2D eigenvalue weighted by Crippen LogP contribution is -2.34. The van der Waals surface area contributed by atoms with Crippen molar-refractivity contribution in [2.75, 3.05) is 29.9 Å². The molecule has 28 heavy (non-hydrogen) atoms. The number of nitrogens with zero attached hydrogens (tertiary/aromatic N) is 1. The third kappa shape index (κ3) is 4.11. The smallest absolute Gasteiger partial charge is 0.119 e. The lowest BCUT2D eigenvalue weighted by Gasteiger charge is -2.34. The van der Waals surface area contributed by atoms with E-state index in [1.165, 1.54) is 9.79 Å². The molecule has 0 bridgehead atoms. The number of β-amino-alcohol motifs (C(OH)–C–C–N with tert-alkyl or cyclic N) is 1. The van der Waals surface area contributed by atoms with Gasteiger partial charge in [0, 0.05) is 22.0 Å². The SMILES string of the molecule is CCOc1ccc(NC[C@H](O)CN2c3ccccc3Sc3ccccc32)cc1. The number of hydrogen-bond acceptors (Lipinski definition) is 5. The zero-order valence-electron chi connectivity index (χ0n) is 15.8. The average Bonchev–Trinajstić information content (AvgIpc) is 2.73. The third-order valence-corrected chi connectivity index (χ3v) is 5.76. The molecule has 3 aromatic carbocycles. The molecule has 1 heterocycles. The van der Waals surface area contributed by atoms with Crippen molar-refractivity contribution in [3.05, 3.63) is 72.8 Å². The molecule has 0 saturated carbocycles. The fourth-order valence-corrected chi connectivity index (χ4v) is 4.42. The van der Waals surface area contributed by atoms with Gasteiger partial charge in [-0.1, -0.05) is 36.0 Å². The van der Waals surface area contributed by atoms with Gasteiger partial charge in [-0.25, -0.2) is 0 Å².